The maximum atomic E-state index is 11.6. The number of carbonyl (C=O) groups excluding carboxylic acids is 1. The molecule has 0 aliphatic carbocycles. The lowest BCUT2D eigenvalue weighted by Crippen LogP contribution is -2.06. The first-order valence-electron chi connectivity index (χ1n) is 5.58. The number of ether oxygens (including phenoxy) is 2. The van der Waals surface area contributed by atoms with E-state index in [-0.39, 0.29) is 32.9 Å². The average molecular weight is 348 g/mol. The minimum atomic E-state index is -0.597. The Balaban J connectivity index is 2.36. The lowest BCUT2D eigenvalue weighted by atomic mass is 10.2. The number of halogens is 3. The largest absolute Gasteiger partial charge is 0.465 e. The zero-order chi connectivity index (χ0) is 15.6. The van der Waals surface area contributed by atoms with Crippen LogP contribution < -0.4 is 10.5 Å². The lowest BCUT2D eigenvalue weighted by Gasteiger charge is -2.10. The number of nitrogen functional groups attached to an aromatic ring is 1. The molecule has 0 fully saturated rings. The van der Waals surface area contributed by atoms with Gasteiger partial charge in [-0.05, 0) is 6.07 Å². The number of methoxy groups -OCH3 is 1. The molecule has 8 heteroatoms. The Morgan fingerprint density at radius 3 is 2.48 bits per heavy atom. The maximum Gasteiger partial charge on any atom is 0.340 e. The van der Waals surface area contributed by atoms with Crippen LogP contribution in [0.4, 0.5) is 5.69 Å². The van der Waals surface area contributed by atoms with Crippen LogP contribution in [0.25, 0.3) is 0 Å². The number of hydrogen-bond donors (Lipinski definition) is 1. The Kier molecular flexibility index (Phi) is 4.77. The molecule has 1 aromatic heterocycles. The van der Waals surface area contributed by atoms with E-state index in [1.54, 1.807) is 0 Å². The summed E-state index contributed by atoms with van der Waals surface area (Å²) in [4.78, 5) is 15.5. The fourth-order valence-electron chi connectivity index (χ4n) is 1.48. The highest BCUT2D eigenvalue weighted by Crippen LogP contribution is 2.36. The van der Waals surface area contributed by atoms with E-state index in [1.165, 1.54) is 31.5 Å². The Morgan fingerprint density at radius 1 is 1.14 bits per heavy atom. The molecule has 2 N–H and O–H groups in total. The summed E-state index contributed by atoms with van der Waals surface area (Å²) in [6.07, 6.45) is 1.28. The van der Waals surface area contributed by atoms with Gasteiger partial charge < -0.3 is 15.2 Å². The molecule has 0 aliphatic rings. The second kappa shape index (κ2) is 6.39. The van der Waals surface area contributed by atoms with Crippen LogP contribution >= 0.6 is 34.8 Å². The zero-order valence-electron chi connectivity index (χ0n) is 10.7. The third-order valence-electron chi connectivity index (χ3n) is 2.50. The summed E-state index contributed by atoms with van der Waals surface area (Å²) in [5.74, 6) is -0.232. The highest BCUT2D eigenvalue weighted by atomic mass is 35.5. The summed E-state index contributed by atoms with van der Waals surface area (Å²) < 4.78 is 10.1. The number of pyridine rings is 1. The molecule has 110 valence electrons. The molecule has 0 saturated heterocycles. The maximum absolute atomic E-state index is 11.6. The van der Waals surface area contributed by atoms with Crippen LogP contribution in [0.2, 0.25) is 15.1 Å². The Bertz CT molecular complexity index is 707. The highest BCUT2D eigenvalue weighted by Gasteiger charge is 2.14. The Labute approximate surface area is 135 Å². The van der Waals surface area contributed by atoms with Crippen LogP contribution in [-0.4, -0.2) is 18.1 Å². The van der Waals surface area contributed by atoms with Crippen molar-refractivity contribution in [2.24, 2.45) is 0 Å². The standard InChI is InChI=1S/C13H9Cl3N2O3/c1-20-13(19)6-2-12(18-5-10(6)17)21-11-4-8(15)7(14)3-9(11)16/h2-5H,17H2,1H3. The van der Waals surface area contributed by atoms with Crippen molar-refractivity contribution in [3.05, 3.63) is 45.0 Å². The van der Waals surface area contributed by atoms with Crippen molar-refractivity contribution in [3.8, 4) is 11.6 Å². The second-order valence-electron chi connectivity index (χ2n) is 3.90. The molecule has 2 rings (SSSR count). The van der Waals surface area contributed by atoms with Gasteiger partial charge >= 0.3 is 5.97 Å². The van der Waals surface area contributed by atoms with Crippen LogP contribution in [0.5, 0.6) is 11.6 Å². The highest BCUT2D eigenvalue weighted by molar-refractivity contribution is 6.43. The van der Waals surface area contributed by atoms with E-state index >= 15 is 0 Å². The van der Waals surface area contributed by atoms with E-state index < -0.39 is 5.97 Å². The van der Waals surface area contributed by atoms with Crippen molar-refractivity contribution in [1.29, 1.82) is 0 Å². The molecule has 0 atom stereocenters. The SMILES string of the molecule is COC(=O)c1cc(Oc2cc(Cl)c(Cl)cc2Cl)ncc1N. The van der Waals surface area contributed by atoms with Gasteiger partial charge in [0, 0.05) is 12.1 Å². The Hall–Kier alpha value is -1.69. The first-order valence-corrected chi connectivity index (χ1v) is 6.72. The predicted molar refractivity (Wildman–Crippen MR) is 81.5 cm³/mol. The van der Waals surface area contributed by atoms with Crippen LogP contribution in [0.3, 0.4) is 0 Å². The molecule has 0 unspecified atom stereocenters. The predicted octanol–water partition coefficient (Wildman–Crippen LogP) is 4.20. The second-order valence-corrected chi connectivity index (χ2v) is 5.12. The summed E-state index contributed by atoms with van der Waals surface area (Å²) in [7, 11) is 1.25. The number of carbonyl (C=O) groups is 1. The first kappa shape index (κ1) is 15.7. The molecular weight excluding hydrogens is 339 g/mol. The summed E-state index contributed by atoms with van der Waals surface area (Å²) in [6, 6.07) is 4.24. The van der Waals surface area contributed by atoms with Gasteiger partial charge in [0.2, 0.25) is 5.88 Å². The summed E-state index contributed by atoms with van der Waals surface area (Å²) in [5, 5.41) is 0.830. The third kappa shape index (κ3) is 3.50. The van der Waals surface area contributed by atoms with E-state index in [0.29, 0.717) is 5.02 Å². The van der Waals surface area contributed by atoms with E-state index in [2.05, 4.69) is 9.72 Å². The van der Waals surface area contributed by atoms with Gasteiger partial charge in [-0.3, -0.25) is 0 Å². The van der Waals surface area contributed by atoms with Gasteiger partial charge in [0.05, 0.1) is 39.6 Å². The van der Waals surface area contributed by atoms with E-state index in [1.807, 2.05) is 0 Å². The van der Waals surface area contributed by atoms with E-state index in [4.69, 9.17) is 45.3 Å². The number of esters is 1. The number of anilines is 1. The zero-order valence-corrected chi connectivity index (χ0v) is 13.0. The number of aromatic nitrogens is 1. The van der Waals surface area contributed by atoms with E-state index in [0.717, 1.165) is 0 Å². The number of nitrogens with two attached hydrogens (primary N) is 1. The van der Waals surface area contributed by atoms with Crippen molar-refractivity contribution in [3.63, 3.8) is 0 Å². The van der Waals surface area contributed by atoms with Crippen molar-refractivity contribution >= 4 is 46.5 Å². The number of benzene rings is 1. The van der Waals surface area contributed by atoms with Gasteiger partial charge in [0.25, 0.3) is 0 Å². The molecule has 1 heterocycles. The topological polar surface area (TPSA) is 74.4 Å². The van der Waals surface area contributed by atoms with E-state index in [9.17, 15) is 4.79 Å². The normalized spacial score (nSPS) is 10.3. The molecule has 0 radical (unpaired) electrons. The van der Waals surface area contributed by atoms with Gasteiger partial charge in [-0.15, -0.1) is 0 Å². The molecule has 0 aliphatic heterocycles. The van der Waals surface area contributed by atoms with Gasteiger partial charge in [-0.2, -0.15) is 0 Å². The van der Waals surface area contributed by atoms with Crippen LogP contribution in [-0.2, 0) is 4.74 Å². The Morgan fingerprint density at radius 2 is 1.81 bits per heavy atom. The van der Waals surface area contributed by atoms with Crippen molar-refractivity contribution in [2.45, 2.75) is 0 Å². The third-order valence-corrected chi connectivity index (χ3v) is 3.52. The fourth-order valence-corrected chi connectivity index (χ4v) is 2.06. The lowest BCUT2D eigenvalue weighted by molar-refractivity contribution is 0.0601. The average Bonchev–Trinajstić information content (AvgIpc) is 2.45. The smallest absolute Gasteiger partial charge is 0.340 e. The van der Waals surface area contributed by atoms with Gasteiger partial charge in [0.15, 0.2) is 0 Å². The molecule has 21 heavy (non-hydrogen) atoms. The number of nitrogens with zero attached hydrogens (tertiary/aromatic N) is 1. The molecule has 0 spiro atoms. The number of rotatable bonds is 3. The molecule has 5 nitrogen and oxygen atoms in total. The summed E-state index contributed by atoms with van der Waals surface area (Å²) >= 11 is 17.7. The van der Waals surface area contributed by atoms with Gasteiger partial charge in [-0.1, -0.05) is 34.8 Å². The number of hydrogen-bond acceptors (Lipinski definition) is 5. The fraction of sp³-hybridized carbons (Fsp3) is 0.0769. The molecule has 1 aromatic carbocycles. The monoisotopic (exact) mass is 346 g/mol. The van der Waals surface area contributed by atoms with Crippen LogP contribution in [0.15, 0.2) is 24.4 Å². The van der Waals surface area contributed by atoms with Crippen molar-refractivity contribution in [1.82, 2.24) is 4.98 Å². The van der Waals surface area contributed by atoms with Gasteiger partial charge in [-0.25, -0.2) is 9.78 Å². The van der Waals surface area contributed by atoms with Crippen LogP contribution in [0, 0.1) is 0 Å². The molecule has 2 aromatic rings. The van der Waals surface area contributed by atoms with Gasteiger partial charge in [0.1, 0.15) is 5.75 Å². The molecule has 0 amide bonds. The van der Waals surface area contributed by atoms with Crippen molar-refractivity contribution in [2.75, 3.05) is 12.8 Å². The molecule has 0 bridgehead atoms. The van der Waals surface area contributed by atoms with Crippen LogP contribution in [0.1, 0.15) is 10.4 Å². The summed E-state index contributed by atoms with van der Waals surface area (Å²) in [6.45, 7) is 0. The first-order chi connectivity index (χ1) is 9.92. The minimum Gasteiger partial charge on any atom is -0.465 e. The van der Waals surface area contributed by atoms with Crippen molar-refractivity contribution < 1.29 is 14.3 Å². The minimum absolute atomic E-state index is 0.116. The quantitative estimate of drug-likeness (QED) is 0.665. The summed E-state index contributed by atoms with van der Waals surface area (Å²) in [5.41, 5.74) is 5.96. The molecule has 0 saturated carbocycles. The molecular formula is C13H9Cl3N2O3.